The second-order valence-electron chi connectivity index (χ2n) is 9.18. The van der Waals surface area contributed by atoms with Gasteiger partial charge in [-0.1, -0.05) is 89.2 Å². The molecule has 4 nitrogen and oxygen atoms in total. The number of aryl methyl sites for hydroxylation is 1. The van der Waals surface area contributed by atoms with Crippen LogP contribution >= 0.6 is 11.6 Å². The van der Waals surface area contributed by atoms with Crippen LogP contribution < -0.4 is 4.74 Å². The Morgan fingerprint density at radius 1 is 1.06 bits per heavy atom. The Bertz CT molecular complexity index is 917. The third-order valence-corrected chi connectivity index (χ3v) is 6.58. The van der Waals surface area contributed by atoms with Crippen LogP contribution in [0.2, 0.25) is 5.02 Å². The third-order valence-electron chi connectivity index (χ3n) is 6.31. The molecule has 6 heteroatoms. The number of ether oxygens (including phenoxy) is 1. The van der Waals surface area contributed by atoms with Crippen LogP contribution in [0.4, 0.5) is 4.39 Å². The molecule has 3 rings (SSSR count). The van der Waals surface area contributed by atoms with E-state index in [0.717, 1.165) is 25.7 Å². The molecule has 0 spiro atoms. The van der Waals surface area contributed by atoms with Crippen LogP contribution in [0.25, 0.3) is 11.3 Å². The fourth-order valence-corrected chi connectivity index (χ4v) is 4.43. The molecular weight excluding hydrogens is 437 g/mol. The summed E-state index contributed by atoms with van der Waals surface area (Å²) in [5.41, 5.74) is 0.965. The van der Waals surface area contributed by atoms with Gasteiger partial charge in [0.1, 0.15) is 17.4 Å². The average molecular weight is 474 g/mol. The predicted molar refractivity (Wildman–Crippen MR) is 132 cm³/mol. The number of hydrogen-bond donors (Lipinski definition) is 0. The van der Waals surface area contributed by atoms with E-state index in [1.807, 2.05) is 0 Å². The number of unbranched alkanes of at least 4 members (excludes halogenated alkanes) is 11. The monoisotopic (exact) mass is 473 g/mol. The van der Waals surface area contributed by atoms with Gasteiger partial charge in [-0.3, -0.25) is 4.68 Å². The van der Waals surface area contributed by atoms with E-state index in [9.17, 15) is 5.26 Å². The molecule has 0 bridgehead atoms. The number of hydrogen-bond acceptors (Lipinski definition) is 3. The van der Waals surface area contributed by atoms with Gasteiger partial charge in [0.2, 0.25) is 0 Å². The van der Waals surface area contributed by atoms with Gasteiger partial charge in [0.05, 0.1) is 22.4 Å². The van der Waals surface area contributed by atoms with Crippen molar-refractivity contribution in [2.75, 3.05) is 0 Å². The molecule has 1 fully saturated rings. The Morgan fingerprint density at radius 2 is 1.67 bits per heavy atom. The van der Waals surface area contributed by atoms with Gasteiger partial charge in [-0.05, 0) is 25.3 Å². The lowest BCUT2D eigenvalue weighted by Crippen LogP contribution is -2.07. The molecule has 1 aromatic heterocycles. The summed E-state index contributed by atoms with van der Waals surface area (Å²) in [5.74, 6) is -0.229. The van der Waals surface area contributed by atoms with Gasteiger partial charge in [0.25, 0.3) is 0 Å². The zero-order valence-electron chi connectivity index (χ0n) is 19.9. The van der Waals surface area contributed by atoms with Crippen molar-refractivity contribution >= 4 is 11.6 Å². The van der Waals surface area contributed by atoms with E-state index in [4.69, 9.17) is 16.3 Å². The lowest BCUT2D eigenvalue weighted by atomic mass is 10.0. The topological polar surface area (TPSA) is 50.8 Å². The van der Waals surface area contributed by atoms with E-state index in [1.165, 1.54) is 70.3 Å². The van der Waals surface area contributed by atoms with Gasteiger partial charge < -0.3 is 4.74 Å². The van der Waals surface area contributed by atoms with Crippen molar-refractivity contribution < 1.29 is 9.13 Å². The third kappa shape index (κ3) is 7.74. The molecule has 1 saturated carbocycles. The first kappa shape index (κ1) is 25.6. The van der Waals surface area contributed by atoms with E-state index in [-0.39, 0.29) is 22.3 Å². The molecule has 2 aromatic rings. The van der Waals surface area contributed by atoms with Crippen molar-refractivity contribution in [2.24, 2.45) is 0 Å². The Labute approximate surface area is 203 Å². The van der Waals surface area contributed by atoms with E-state index in [2.05, 4.69) is 18.1 Å². The van der Waals surface area contributed by atoms with Crippen molar-refractivity contribution in [3.8, 4) is 23.1 Å². The van der Waals surface area contributed by atoms with E-state index in [0.29, 0.717) is 18.0 Å². The fraction of sp³-hybridized carbons (Fsp3) is 0.630. The summed E-state index contributed by atoms with van der Waals surface area (Å²) < 4.78 is 22.6. The largest absolute Gasteiger partial charge is 0.489 e. The van der Waals surface area contributed by atoms with Gasteiger partial charge in [-0.2, -0.15) is 10.4 Å². The Morgan fingerprint density at radius 3 is 2.24 bits per heavy atom. The first-order valence-corrected chi connectivity index (χ1v) is 13.1. The summed E-state index contributed by atoms with van der Waals surface area (Å²) in [5, 5.41) is 14.1. The van der Waals surface area contributed by atoms with Crippen LogP contribution in [0.5, 0.6) is 5.75 Å². The van der Waals surface area contributed by atoms with Crippen molar-refractivity contribution in [1.82, 2.24) is 9.78 Å². The van der Waals surface area contributed by atoms with Crippen LogP contribution in [-0.2, 0) is 6.54 Å². The maximum atomic E-state index is 15.0. The molecule has 1 heterocycles. The zero-order valence-corrected chi connectivity index (χ0v) is 20.7. The molecule has 180 valence electrons. The molecule has 0 atom stereocenters. The Balaban J connectivity index is 1.48. The van der Waals surface area contributed by atoms with Gasteiger partial charge in [-0.25, -0.2) is 4.39 Å². The quantitative estimate of drug-likeness (QED) is 0.230. The van der Waals surface area contributed by atoms with Crippen LogP contribution in [-0.4, -0.2) is 15.9 Å². The lowest BCUT2D eigenvalue weighted by molar-refractivity contribution is 0.302. The fourth-order valence-electron chi connectivity index (χ4n) is 4.24. The second kappa shape index (κ2) is 13.6. The van der Waals surface area contributed by atoms with E-state index >= 15 is 4.39 Å². The van der Waals surface area contributed by atoms with Crippen molar-refractivity contribution in [2.45, 2.75) is 109 Å². The first-order chi connectivity index (χ1) is 16.2. The minimum Gasteiger partial charge on any atom is -0.489 e. The number of halogens is 2. The molecule has 0 aliphatic heterocycles. The highest BCUT2D eigenvalue weighted by atomic mass is 35.5. The predicted octanol–water partition coefficient (Wildman–Crippen LogP) is 8.46. The summed E-state index contributed by atoms with van der Waals surface area (Å²) in [6, 6.07) is 5.30. The number of nitrogens with zero attached hydrogens (tertiary/aromatic N) is 3. The number of rotatable bonds is 16. The normalized spacial score (nSPS) is 13.3. The molecular formula is C27H37ClFN3O. The molecule has 0 N–H and O–H groups in total. The van der Waals surface area contributed by atoms with Gasteiger partial charge in [0.15, 0.2) is 5.82 Å². The molecule has 0 amide bonds. The molecule has 1 aliphatic carbocycles. The molecule has 1 aliphatic rings. The standard InChI is InChI=1S/C27H37ClFN3O/c1-2-3-4-5-6-7-8-9-10-11-12-13-18-32-24(16-17-31-32)26-22(20-30)25(33-21-14-15-21)19-23(28)27(26)29/h16-17,19,21H,2-15,18H2,1H3. The number of aromatic nitrogens is 2. The molecule has 0 saturated heterocycles. The SMILES string of the molecule is CCCCCCCCCCCCCCn1nccc1-c1c(F)c(Cl)cc(OC2CC2)c1C#N. The van der Waals surface area contributed by atoms with Gasteiger partial charge >= 0.3 is 0 Å². The second-order valence-corrected chi connectivity index (χ2v) is 9.59. The maximum Gasteiger partial charge on any atom is 0.152 e. The van der Waals surface area contributed by atoms with Gasteiger partial charge in [-0.15, -0.1) is 0 Å². The van der Waals surface area contributed by atoms with Crippen molar-refractivity contribution in [3.63, 3.8) is 0 Å². The maximum absolute atomic E-state index is 15.0. The Hall–Kier alpha value is -2.06. The van der Waals surface area contributed by atoms with Crippen molar-refractivity contribution in [1.29, 1.82) is 5.26 Å². The summed E-state index contributed by atoms with van der Waals surface area (Å²) in [6.07, 6.45) is 19.0. The van der Waals surface area contributed by atoms with Crippen molar-refractivity contribution in [3.05, 3.63) is 34.7 Å². The summed E-state index contributed by atoms with van der Waals surface area (Å²) in [7, 11) is 0. The van der Waals surface area contributed by atoms with Crippen LogP contribution in [0, 0.1) is 17.1 Å². The van der Waals surface area contributed by atoms with E-state index in [1.54, 1.807) is 16.9 Å². The summed E-state index contributed by atoms with van der Waals surface area (Å²) in [6.45, 7) is 2.95. The minimum atomic E-state index is -0.590. The number of benzene rings is 1. The van der Waals surface area contributed by atoms with Crippen LogP contribution in [0.3, 0.4) is 0 Å². The molecule has 33 heavy (non-hydrogen) atoms. The van der Waals surface area contributed by atoms with Gasteiger partial charge in [0, 0.05) is 18.8 Å². The summed E-state index contributed by atoms with van der Waals surface area (Å²) >= 11 is 6.16. The lowest BCUT2D eigenvalue weighted by Gasteiger charge is -2.14. The summed E-state index contributed by atoms with van der Waals surface area (Å²) in [4.78, 5) is 0. The zero-order chi connectivity index (χ0) is 23.5. The van der Waals surface area contributed by atoms with E-state index < -0.39 is 5.82 Å². The average Bonchev–Trinajstić information content (AvgIpc) is 3.51. The Kier molecular flexibility index (Phi) is 10.5. The first-order valence-electron chi connectivity index (χ1n) is 12.8. The highest BCUT2D eigenvalue weighted by Gasteiger charge is 2.28. The van der Waals surface area contributed by atoms with Crippen LogP contribution in [0.15, 0.2) is 18.3 Å². The molecule has 1 aromatic carbocycles. The highest BCUT2D eigenvalue weighted by molar-refractivity contribution is 6.31. The molecule has 0 radical (unpaired) electrons. The van der Waals surface area contributed by atoms with Crippen LogP contribution in [0.1, 0.15) is 102 Å². The smallest absolute Gasteiger partial charge is 0.152 e. The highest BCUT2D eigenvalue weighted by Crippen LogP contribution is 2.39. The molecule has 0 unspecified atom stereocenters. The minimum absolute atomic E-state index is 0.0298. The number of nitriles is 1.